The van der Waals surface area contributed by atoms with E-state index in [-0.39, 0.29) is 17.6 Å². The van der Waals surface area contributed by atoms with Crippen molar-refractivity contribution in [1.82, 2.24) is 14.3 Å². The normalized spacial score (nSPS) is 15.2. The van der Waals surface area contributed by atoms with Gasteiger partial charge in [-0.05, 0) is 44.9 Å². The van der Waals surface area contributed by atoms with E-state index in [2.05, 4.69) is 17.2 Å². The molecule has 2 aromatic rings. The summed E-state index contributed by atoms with van der Waals surface area (Å²) >= 11 is 6.74. The number of aromatic nitrogens is 2. The van der Waals surface area contributed by atoms with E-state index >= 15 is 0 Å². The number of carbonyl (C=O) groups excluding carboxylic acids is 1. The molecule has 1 N–H and O–H groups in total. The lowest BCUT2D eigenvalue weighted by Crippen LogP contribution is -2.29. The second-order valence-corrected chi connectivity index (χ2v) is 10.6. The molecule has 0 bridgehead atoms. The van der Waals surface area contributed by atoms with Crippen molar-refractivity contribution in [3.8, 4) is 0 Å². The number of amides is 1. The number of thioether (sulfide) groups is 1. The van der Waals surface area contributed by atoms with Crippen LogP contribution in [-0.4, -0.2) is 50.3 Å². The first-order valence-electron chi connectivity index (χ1n) is 12.5. The summed E-state index contributed by atoms with van der Waals surface area (Å²) in [5.41, 5.74) is 0.683. The second kappa shape index (κ2) is 13.8. The van der Waals surface area contributed by atoms with Gasteiger partial charge in [-0.2, -0.15) is 0 Å². The molecule has 0 saturated carbocycles. The largest absolute Gasteiger partial charge is 0.379 e. The van der Waals surface area contributed by atoms with Gasteiger partial charge in [0.15, 0.2) is 0 Å². The van der Waals surface area contributed by atoms with Crippen LogP contribution in [0.15, 0.2) is 34.1 Å². The van der Waals surface area contributed by atoms with Crippen LogP contribution in [0.3, 0.4) is 0 Å². The lowest BCUT2D eigenvalue weighted by atomic mass is 10.1. The summed E-state index contributed by atoms with van der Waals surface area (Å²) in [4.78, 5) is 33.2. The van der Waals surface area contributed by atoms with Gasteiger partial charge in [0.2, 0.25) is 0 Å². The van der Waals surface area contributed by atoms with Crippen LogP contribution in [-0.2, 0) is 9.53 Å². The maximum Gasteiger partial charge on any atom is 0.267 e. The SMILES string of the molecule is CCCCCCCCN1C(=O)C(=Cc2c(NCCCOC(C)C)nc3ccccn3c2=O)SC1=S. The van der Waals surface area contributed by atoms with Crippen LogP contribution in [0.1, 0.15) is 71.3 Å². The van der Waals surface area contributed by atoms with Crippen molar-refractivity contribution in [3.05, 3.63) is 45.2 Å². The topological polar surface area (TPSA) is 75.9 Å². The van der Waals surface area contributed by atoms with E-state index in [0.717, 1.165) is 19.3 Å². The second-order valence-electron chi connectivity index (χ2n) is 8.91. The Morgan fingerprint density at radius 1 is 1.14 bits per heavy atom. The van der Waals surface area contributed by atoms with Gasteiger partial charge in [-0.15, -0.1) is 0 Å². The fourth-order valence-corrected chi connectivity index (χ4v) is 5.13. The molecule has 2 aromatic heterocycles. The van der Waals surface area contributed by atoms with Gasteiger partial charge in [0.1, 0.15) is 15.8 Å². The first-order valence-corrected chi connectivity index (χ1v) is 13.8. The summed E-state index contributed by atoms with van der Waals surface area (Å²) in [6.45, 7) is 8.03. The molecule has 3 heterocycles. The molecule has 0 aliphatic carbocycles. The van der Waals surface area contributed by atoms with E-state index < -0.39 is 0 Å². The molecule has 190 valence electrons. The zero-order valence-electron chi connectivity index (χ0n) is 20.9. The van der Waals surface area contributed by atoms with Gasteiger partial charge in [0.25, 0.3) is 11.5 Å². The van der Waals surface area contributed by atoms with Gasteiger partial charge in [0, 0.05) is 25.9 Å². The minimum Gasteiger partial charge on any atom is -0.379 e. The molecule has 0 atom stereocenters. The van der Waals surface area contributed by atoms with Crippen LogP contribution in [0.4, 0.5) is 5.82 Å². The number of nitrogens with zero attached hydrogens (tertiary/aromatic N) is 3. The van der Waals surface area contributed by atoms with E-state index in [0.29, 0.717) is 46.0 Å². The maximum absolute atomic E-state index is 13.3. The Morgan fingerprint density at radius 2 is 1.91 bits per heavy atom. The number of hydrogen-bond acceptors (Lipinski definition) is 7. The number of ether oxygens (including phenoxy) is 1. The predicted octanol–water partition coefficient (Wildman–Crippen LogP) is 5.48. The molecular weight excluding hydrogens is 480 g/mol. The number of hydrogen-bond donors (Lipinski definition) is 1. The molecule has 1 fully saturated rings. The molecule has 0 spiro atoms. The third-order valence-electron chi connectivity index (χ3n) is 5.72. The quantitative estimate of drug-likeness (QED) is 0.202. The van der Waals surface area contributed by atoms with Crippen molar-refractivity contribution in [2.24, 2.45) is 0 Å². The van der Waals surface area contributed by atoms with Gasteiger partial charge >= 0.3 is 0 Å². The van der Waals surface area contributed by atoms with Crippen molar-refractivity contribution >= 4 is 51.7 Å². The fourth-order valence-electron chi connectivity index (χ4n) is 3.84. The number of unbranched alkanes of at least 4 members (excludes halogenated alkanes) is 5. The standard InChI is InChI=1S/C26H36N4O3S2/c1-4-5-6-7-8-10-16-30-25(32)21(35-26(30)34)18-20-23(27-14-12-17-33-19(2)3)28-22-13-9-11-15-29(22)24(20)31/h9,11,13,15,18-19,27H,4-8,10,12,14,16-17H2,1-3H3. The van der Waals surface area contributed by atoms with E-state index in [1.54, 1.807) is 29.3 Å². The molecule has 9 heteroatoms. The Morgan fingerprint density at radius 3 is 2.69 bits per heavy atom. The van der Waals surface area contributed by atoms with Crippen LogP contribution in [0, 0.1) is 0 Å². The fraction of sp³-hybridized carbons (Fsp3) is 0.538. The van der Waals surface area contributed by atoms with Crippen molar-refractivity contribution in [2.45, 2.75) is 71.8 Å². The molecule has 0 radical (unpaired) electrons. The van der Waals surface area contributed by atoms with Crippen LogP contribution in [0.5, 0.6) is 0 Å². The highest BCUT2D eigenvalue weighted by Crippen LogP contribution is 2.33. The zero-order valence-corrected chi connectivity index (χ0v) is 22.6. The van der Waals surface area contributed by atoms with Crippen LogP contribution in [0.25, 0.3) is 11.7 Å². The van der Waals surface area contributed by atoms with Gasteiger partial charge in [0.05, 0.1) is 16.6 Å². The Labute approximate surface area is 217 Å². The third kappa shape index (κ3) is 7.62. The lowest BCUT2D eigenvalue weighted by Gasteiger charge is -2.14. The van der Waals surface area contributed by atoms with E-state index in [4.69, 9.17) is 17.0 Å². The Kier molecular flexibility index (Phi) is 10.7. The van der Waals surface area contributed by atoms with Crippen molar-refractivity contribution in [3.63, 3.8) is 0 Å². The van der Waals surface area contributed by atoms with Crippen LogP contribution in [0.2, 0.25) is 0 Å². The summed E-state index contributed by atoms with van der Waals surface area (Å²) in [6.07, 6.45) is 11.2. The molecule has 1 amide bonds. The molecule has 0 aromatic carbocycles. The van der Waals surface area contributed by atoms with Crippen LogP contribution < -0.4 is 10.9 Å². The predicted molar refractivity (Wildman–Crippen MR) is 149 cm³/mol. The Balaban J connectivity index is 1.77. The molecule has 1 aliphatic heterocycles. The van der Waals surface area contributed by atoms with E-state index in [9.17, 15) is 9.59 Å². The monoisotopic (exact) mass is 516 g/mol. The first-order chi connectivity index (χ1) is 16.9. The minimum atomic E-state index is -0.224. The summed E-state index contributed by atoms with van der Waals surface area (Å²) in [5.74, 6) is 0.328. The molecule has 0 unspecified atom stereocenters. The van der Waals surface area contributed by atoms with Gasteiger partial charge in [-0.25, -0.2) is 4.98 Å². The number of rotatable bonds is 14. The highest BCUT2D eigenvalue weighted by atomic mass is 32.2. The minimum absolute atomic E-state index is 0.137. The highest BCUT2D eigenvalue weighted by molar-refractivity contribution is 8.26. The van der Waals surface area contributed by atoms with E-state index in [1.807, 2.05) is 19.9 Å². The van der Waals surface area contributed by atoms with Gasteiger partial charge in [-0.1, -0.05) is 69.1 Å². The Hall–Kier alpha value is -2.23. The highest BCUT2D eigenvalue weighted by Gasteiger charge is 2.32. The van der Waals surface area contributed by atoms with Gasteiger partial charge < -0.3 is 10.1 Å². The average molecular weight is 517 g/mol. The van der Waals surface area contributed by atoms with Crippen molar-refractivity contribution < 1.29 is 9.53 Å². The summed E-state index contributed by atoms with van der Waals surface area (Å²) in [6, 6.07) is 5.42. The molecule has 7 nitrogen and oxygen atoms in total. The molecule has 35 heavy (non-hydrogen) atoms. The smallest absolute Gasteiger partial charge is 0.267 e. The number of carbonyl (C=O) groups is 1. The number of thiocarbonyl (C=S) groups is 1. The number of nitrogens with one attached hydrogen (secondary N) is 1. The number of pyridine rings is 1. The summed E-state index contributed by atoms with van der Waals surface area (Å²) in [7, 11) is 0. The van der Waals surface area contributed by atoms with E-state index in [1.165, 1.54) is 41.8 Å². The molecular formula is C26H36N4O3S2. The van der Waals surface area contributed by atoms with Crippen molar-refractivity contribution in [2.75, 3.05) is 25.0 Å². The maximum atomic E-state index is 13.3. The Bertz CT molecular complexity index is 1110. The lowest BCUT2D eigenvalue weighted by molar-refractivity contribution is -0.122. The van der Waals surface area contributed by atoms with Crippen molar-refractivity contribution in [1.29, 1.82) is 0 Å². The summed E-state index contributed by atoms with van der Waals surface area (Å²) < 4.78 is 7.64. The zero-order chi connectivity index (χ0) is 25.2. The number of anilines is 1. The molecule has 1 saturated heterocycles. The third-order valence-corrected chi connectivity index (χ3v) is 7.10. The van der Waals surface area contributed by atoms with Gasteiger partial charge in [-0.3, -0.25) is 18.9 Å². The number of fused-ring (bicyclic) bond motifs is 1. The summed E-state index contributed by atoms with van der Waals surface area (Å²) in [5, 5.41) is 3.27. The van der Waals surface area contributed by atoms with Crippen LogP contribution >= 0.6 is 24.0 Å². The first kappa shape index (κ1) is 27.4. The molecule has 3 rings (SSSR count). The molecule has 1 aliphatic rings. The average Bonchev–Trinajstić information content (AvgIpc) is 3.10.